The molecule has 4 saturated heterocycles. The highest BCUT2D eigenvalue weighted by atomic mass is 35.5. The van der Waals surface area contributed by atoms with E-state index in [1.807, 2.05) is 127 Å². The molecule has 8 aliphatic rings. The molecule has 0 aliphatic carbocycles. The first kappa shape index (κ1) is 105. The Hall–Kier alpha value is -11.1. The smallest absolute Gasteiger partial charge is 0.435 e. The number of amides is 4. The van der Waals surface area contributed by atoms with E-state index in [0.717, 1.165) is 200 Å². The molecule has 6 unspecified atom stereocenters. The Bertz CT molecular complexity index is 6920. The third-order valence-corrected chi connectivity index (χ3v) is 31.1. The summed E-state index contributed by atoms with van der Waals surface area (Å²) >= 11 is 50.2. The summed E-state index contributed by atoms with van der Waals surface area (Å²) in [6, 6.07) is 47.3. The lowest BCUT2D eigenvalue weighted by molar-refractivity contribution is -0.140. The van der Waals surface area contributed by atoms with Crippen molar-refractivity contribution in [2.75, 3.05) is 85.1 Å². The van der Waals surface area contributed by atoms with E-state index in [9.17, 15) is 47.7 Å². The van der Waals surface area contributed by atoms with Gasteiger partial charge in [0.05, 0.1) is 77.0 Å². The van der Waals surface area contributed by atoms with Gasteiger partial charge < -0.3 is 45.6 Å². The average Bonchev–Trinajstić information content (AvgIpc) is 1.59. The summed E-state index contributed by atoms with van der Waals surface area (Å²) in [6.45, 7) is 18.4. The predicted molar refractivity (Wildman–Crippen MR) is 570 cm³/mol. The van der Waals surface area contributed by atoms with E-state index in [1.54, 1.807) is 68.4 Å². The van der Waals surface area contributed by atoms with E-state index < -0.39 is 23.9 Å². The number of esters is 1. The second-order valence-corrected chi connectivity index (χ2v) is 41.3. The molecule has 8 aromatic carbocycles. The van der Waals surface area contributed by atoms with Crippen molar-refractivity contribution in [3.05, 3.63) is 277 Å². The Labute approximate surface area is 880 Å². The lowest BCUT2D eigenvalue weighted by Gasteiger charge is -2.32. The van der Waals surface area contributed by atoms with E-state index in [0.29, 0.717) is 121 Å². The maximum absolute atomic E-state index is 13.9. The minimum atomic E-state index is -4.60. The molecule has 8 atom stereocenters. The minimum absolute atomic E-state index is 0.0322. The number of aromatic nitrogens is 8. The molecule has 4 amide bonds. The van der Waals surface area contributed by atoms with Gasteiger partial charge in [-0.15, -0.1) is 0 Å². The number of nitriles is 2. The fraction of sp³-hybridized carbons (Fsp3) is 0.391. The van der Waals surface area contributed by atoms with Gasteiger partial charge in [-0.25, -0.2) is 4.79 Å². The van der Waals surface area contributed by atoms with Gasteiger partial charge in [0.1, 0.15) is 12.1 Å². The number of hydrogen-bond donors (Lipinski definition) is 4. The Balaban J connectivity index is 0.000000132. The van der Waals surface area contributed by atoms with Crippen LogP contribution >= 0.6 is 92.8 Å². The van der Waals surface area contributed by atoms with Crippen LogP contribution in [0.1, 0.15) is 234 Å². The molecule has 12 aromatic rings. The molecule has 8 aliphatic heterocycles. The summed E-state index contributed by atoms with van der Waals surface area (Å²) in [5.41, 5.74) is 14.9. The second-order valence-electron chi connectivity index (χ2n) is 38.0. The fourth-order valence-electron chi connectivity index (χ4n) is 20.8. The number of hydrogen-bond acceptors (Lipinski definition) is 16. The van der Waals surface area contributed by atoms with Gasteiger partial charge in [-0.1, -0.05) is 191 Å². The van der Waals surface area contributed by atoms with Crippen molar-refractivity contribution in [3.63, 3.8) is 0 Å². The normalized spacial score (nSPS) is 19.3. The second kappa shape index (κ2) is 46.9. The van der Waals surface area contributed by atoms with Crippen LogP contribution in [0.4, 0.5) is 13.2 Å². The molecule has 4 fully saturated rings. The quantitative estimate of drug-likeness (QED) is 0.0581. The van der Waals surface area contributed by atoms with Crippen molar-refractivity contribution in [2.45, 2.75) is 192 Å². The molecule has 0 spiro atoms. The first-order valence-corrected chi connectivity index (χ1v) is 52.7. The molecular weight excluding hydrogens is 2010 g/mol. The van der Waals surface area contributed by atoms with Gasteiger partial charge in [0.2, 0.25) is 23.6 Å². The van der Waals surface area contributed by atoms with Crippen LogP contribution in [0.15, 0.2) is 170 Å². The molecule has 0 radical (unpaired) electrons. The van der Waals surface area contributed by atoms with Crippen molar-refractivity contribution >= 4 is 188 Å². The predicted octanol–water partition coefficient (Wildman–Crippen LogP) is 23.8. The van der Waals surface area contributed by atoms with Gasteiger partial charge in [-0.05, 0) is 302 Å². The number of halogens is 11. The van der Waals surface area contributed by atoms with Crippen LogP contribution in [-0.4, -0.2) is 198 Å². The monoisotopic (exact) mass is 2120 g/mol. The maximum atomic E-state index is 13.9. The topological polar surface area (TPSA) is 275 Å². The zero-order chi connectivity index (χ0) is 102. The van der Waals surface area contributed by atoms with Crippen LogP contribution in [-0.2, 0) is 30.1 Å². The van der Waals surface area contributed by atoms with Crippen LogP contribution in [0.25, 0.3) is 65.9 Å². The zero-order valence-electron chi connectivity index (χ0n) is 81.2. The lowest BCUT2D eigenvalue weighted by Crippen LogP contribution is -2.49. The third kappa shape index (κ3) is 23.7. The molecule has 12 heterocycles. The standard InChI is InChI=1S/C29H32Cl2N4O3.C27H27Cl2F3N4O.2C27H27Cl2N5O/c1-3-38-29(37)27-23-9-7-20(19-11-14-34(15-12-19)28(36)25-6-4-5-13-32-25)16-26(23)35(33-27)18(2)22-10-8-21(30)17-24(22)31;1-16(20-8-6-19(28)15-22(20)29)36-24-14-18(5-7-21(24)25(34-36)27(30,31)32)17-9-12-35(13-10-17)26(37)23-4-2-3-11-33-23;2*1-17(21-8-6-20(28)15-23(21)29)34-26-14-19(5-7-22(26)25(16-30)32-34)18-9-12-33(13-10-18)27(35)24-4-2-3-11-31-24/h7-11,16-18,25,32H,3-6,12-15H2,1-2H3;5-9,14-16,23,33H,2-4,10-13H2,1H3;2*5-9,14-15,17,24,31H,2-4,10-13H2,1H3/t18?,25-;;17?,24-;/m1.1./s1. The SMILES string of the molecule is CC(c1ccc(Cl)cc1Cl)n1nc(C#N)c2ccc(C3=CCN(C(=O)C4CCCCN4)CC3)cc21.CC(c1ccc(Cl)cc1Cl)n1nc(C#N)c2ccc(C3=CCN(C(=O)[C@H]4CCCCN4)CC3)cc21.CC(c1ccc(Cl)cc1Cl)n1nc(C(F)(F)F)c2ccc(C3=CCN(C(=O)C4CCCCN4)CC3)cc21.CCOC(=O)c1nn(C(C)c2ccc(Cl)cc2Cl)c2cc(C3=CCN(C(=O)[C@H]4CCCCN4)CC3)ccc12. The largest absolute Gasteiger partial charge is 0.461 e. The van der Waals surface area contributed by atoms with Gasteiger partial charge in [0.25, 0.3) is 0 Å². The summed E-state index contributed by atoms with van der Waals surface area (Å²) in [5, 5.41) is 57.2. The Morgan fingerprint density at radius 2 is 0.655 bits per heavy atom. The molecule has 20 rings (SSSR count). The first-order chi connectivity index (χ1) is 69.9. The molecule has 35 heteroatoms. The molecule has 0 saturated carbocycles. The highest BCUT2D eigenvalue weighted by Gasteiger charge is 2.40. The number of benzene rings is 8. The number of alkyl halides is 3. The van der Waals surface area contributed by atoms with Gasteiger partial charge >= 0.3 is 12.1 Å². The minimum Gasteiger partial charge on any atom is -0.461 e. The van der Waals surface area contributed by atoms with Crippen molar-refractivity contribution in [3.8, 4) is 12.1 Å². The maximum Gasteiger partial charge on any atom is 0.435 e. The molecular formula is C110H113Cl8F3N18O6. The summed E-state index contributed by atoms with van der Waals surface area (Å²) in [4.78, 5) is 72.0. The van der Waals surface area contributed by atoms with Crippen LogP contribution in [0, 0.1) is 22.7 Å². The van der Waals surface area contributed by atoms with E-state index in [4.69, 9.17) is 103 Å². The number of nitrogens with zero attached hydrogens (tertiary/aromatic N) is 14. The van der Waals surface area contributed by atoms with E-state index in [-0.39, 0.29) is 83.6 Å². The molecule has 4 N–H and O–H groups in total. The average molecular weight is 2120 g/mol. The van der Waals surface area contributed by atoms with Crippen LogP contribution in [0.3, 0.4) is 0 Å². The number of ether oxygens (including phenoxy) is 1. The van der Waals surface area contributed by atoms with Crippen molar-refractivity contribution in [2.24, 2.45) is 0 Å². The van der Waals surface area contributed by atoms with Gasteiger partial charge in [-0.2, -0.15) is 44.1 Å². The van der Waals surface area contributed by atoms with E-state index in [2.05, 4.69) is 85.1 Å². The molecule has 0 bridgehead atoms. The Morgan fingerprint density at radius 1 is 0.379 bits per heavy atom. The number of rotatable bonds is 18. The molecule has 24 nitrogen and oxygen atoms in total. The summed E-state index contributed by atoms with van der Waals surface area (Å²) in [6.07, 6.45) is 19.3. The van der Waals surface area contributed by atoms with Gasteiger partial charge in [-0.3, -0.25) is 37.9 Å². The molecule has 4 aromatic heterocycles. The van der Waals surface area contributed by atoms with Gasteiger partial charge in [0, 0.05) is 114 Å². The highest BCUT2D eigenvalue weighted by molar-refractivity contribution is 6.37. The van der Waals surface area contributed by atoms with Crippen LogP contribution in [0.2, 0.25) is 40.2 Å². The summed E-state index contributed by atoms with van der Waals surface area (Å²) < 4.78 is 53.9. The van der Waals surface area contributed by atoms with Crippen molar-refractivity contribution in [1.29, 1.82) is 10.5 Å². The summed E-state index contributed by atoms with van der Waals surface area (Å²) in [7, 11) is 0. The number of fused-ring (bicyclic) bond motifs is 4. The zero-order valence-corrected chi connectivity index (χ0v) is 87.2. The Morgan fingerprint density at radius 3 is 0.917 bits per heavy atom. The van der Waals surface area contributed by atoms with Crippen LogP contribution < -0.4 is 21.3 Å². The first-order valence-electron chi connectivity index (χ1n) is 49.7. The molecule has 145 heavy (non-hydrogen) atoms. The van der Waals surface area contributed by atoms with E-state index >= 15 is 0 Å². The number of piperidine rings is 4. The number of carbonyl (C=O) groups is 5. The highest BCUT2D eigenvalue weighted by Crippen LogP contribution is 2.43. The third-order valence-electron chi connectivity index (χ3n) is 28.9. The van der Waals surface area contributed by atoms with Gasteiger partial charge in [0.15, 0.2) is 22.8 Å². The van der Waals surface area contributed by atoms with E-state index in [1.165, 1.54) is 27.5 Å². The number of nitrogens with one attached hydrogen (secondary N) is 4. The Kier molecular flexibility index (Phi) is 34.1. The number of carbonyl (C=O) groups excluding carboxylic acids is 5. The lowest BCUT2D eigenvalue weighted by atomic mass is 9.97. The van der Waals surface area contributed by atoms with Crippen LogP contribution in [0.5, 0.6) is 0 Å². The fourth-order valence-corrected chi connectivity index (χ4v) is 23.1. The summed E-state index contributed by atoms with van der Waals surface area (Å²) in [5.74, 6) is 0.274. The molecule has 756 valence electrons. The van der Waals surface area contributed by atoms with Crippen molar-refractivity contribution in [1.82, 2.24) is 80.0 Å². The van der Waals surface area contributed by atoms with Crippen molar-refractivity contribution < 1.29 is 41.9 Å².